The van der Waals surface area contributed by atoms with Crippen LogP contribution in [0.1, 0.15) is 22.8 Å². The van der Waals surface area contributed by atoms with Gasteiger partial charge in [0.1, 0.15) is 17.6 Å². The first-order chi connectivity index (χ1) is 8.02. The lowest BCUT2D eigenvalue weighted by Gasteiger charge is -2.11. The van der Waals surface area contributed by atoms with Gasteiger partial charge in [0.15, 0.2) is 5.78 Å². The van der Waals surface area contributed by atoms with E-state index in [1.54, 1.807) is 6.07 Å². The first-order valence-electron chi connectivity index (χ1n) is 5.35. The van der Waals surface area contributed by atoms with Crippen molar-refractivity contribution in [2.75, 3.05) is 6.61 Å². The smallest absolute Gasteiger partial charge is 0.163 e. The normalized spacial score (nSPS) is 17.4. The van der Waals surface area contributed by atoms with Gasteiger partial charge >= 0.3 is 0 Å². The highest BCUT2D eigenvalue weighted by Crippen LogP contribution is 2.36. The van der Waals surface area contributed by atoms with Gasteiger partial charge in [-0.1, -0.05) is 6.58 Å². The van der Waals surface area contributed by atoms with E-state index in [0.29, 0.717) is 23.3 Å². The number of hydrogen-bond acceptors (Lipinski definition) is 4. The van der Waals surface area contributed by atoms with Crippen LogP contribution in [0.25, 0.3) is 0 Å². The average Bonchev–Trinajstić information content (AvgIpc) is 2.69. The molecule has 1 atom stereocenters. The summed E-state index contributed by atoms with van der Waals surface area (Å²) >= 11 is 0. The molecular formula is C13H14O4. The summed E-state index contributed by atoms with van der Waals surface area (Å²) in [5.41, 5.74) is 1.74. The van der Waals surface area contributed by atoms with Gasteiger partial charge in [-0.2, -0.15) is 0 Å². The zero-order valence-electron chi connectivity index (χ0n) is 9.56. The second-order valence-corrected chi connectivity index (χ2v) is 4.16. The molecule has 0 aliphatic carbocycles. The van der Waals surface area contributed by atoms with Gasteiger partial charge in [0.05, 0.1) is 12.2 Å². The number of ether oxygens (including phenoxy) is 1. The third-order valence-electron chi connectivity index (χ3n) is 2.89. The van der Waals surface area contributed by atoms with Gasteiger partial charge in [-0.05, 0) is 24.1 Å². The number of aliphatic hydroxyl groups excluding tert-OH is 1. The standard InChI is InChI=1S/C13H14O4/c1-7(6-14)12-4-9-3-10(8(2)15)11(16)5-13(9)17-12/h3,5,12,14,16H,1,4,6H2,2H3/t12-/m0/s1. The molecule has 1 aromatic carbocycles. The van der Waals surface area contributed by atoms with E-state index < -0.39 is 0 Å². The number of Topliss-reactive ketones (excluding diaryl/α,β-unsaturated/α-hetero) is 1. The fourth-order valence-corrected chi connectivity index (χ4v) is 1.89. The van der Waals surface area contributed by atoms with Crippen molar-refractivity contribution in [3.05, 3.63) is 35.4 Å². The number of carbonyl (C=O) groups is 1. The molecule has 0 unspecified atom stereocenters. The Bertz CT molecular complexity index is 490. The fourth-order valence-electron chi connectivity index (χ4n) is 1.89. The van der Waals surface area contributed by atoms with Crippen LogP contribution in [0.3, 0.4) is 0 Å². The lowest BCUT2D eigenvalue weighted by molar-refractivity contribution is 0.101. The maximum Gasteiger partial charge on any atom is 0.163 e. The van der Waals surface area contributed by atoms with Crippen LogP contribution >= 0.6 is 0 Å². The lowest BCUT2D eigenvalue weighted by atomic mass is 10.0. The number of ketones is 1. The molecule has 90 valence electrons. The molecule has 0 saturated carbocycles. The molecule has 0 amide bonds. The summed E-state index contributed by atoms with van der Waals surface area (Å²) in [5.74, 6) is 0.286. The molecule has 0 saturated heterocycles. The van der Waals surface area contributed by atoms with Gasteiger partial charge in [0.25, 0.3) is 0 Å². The summed E-state index contributed by atoms with van der Waals surface area (Å²) in [6.45, 7) is 4.98. The molecule has 4 nitrogen and oxygen atoms in total. The molecular weight excluding hydrogens is 220 g/mol. The number of fused-ring (bicyclic) bond motifs is 1. The van der Waals surface area contributed by atoms with Crippen LogP contribution in [0, 0.1) is 0 Å². The zero-order chi connectivity index (χ0) is 12.6. The van der Waals surface area contributed by atoms with E-state index in [9.17, 15) is 9.90 Å². The number of benzene rings is 1. The summed E-state index contributed by atoms with van der Waals surface area (Å²) in [4.78, 5) is 11.3. The van der Waals surface area contributed by atoms with E-state index in [2.05, 4.69) is 6.58 Å². The lowest BCUT2D eigenvalue weighted by Crippen LogP contribution is -2.17. The Kier molecular flexibility index (Phi) is 2.90. The van der Waals surface area contributed by atoms with Gasteiger partial charge in [0.2, 0.25) is 0 Å². The van der Waals surface area contributed by atoms with Crippen LogP contribution in [0.4, 0.5) is 0 Å². The van der Waals surface area contributed by atoms with Crippen molar-refractivity contribution in [3.63, 3.8) is 0 Å². The van der Waals surface area contributed by atoms with Crippen LogP contribution in [-0.2, 0) is 6.42 Å². The molecule has 2 N–H and O–H groups in total. The van der Waals surface area contributed by atoms with Crippen LogP contribution < -0.4 is 4.74 Å². The van der Waals surface area contributed by atoms with E-state index in [1.807, 2.05) is 0 Å². The Hall–Kier alpha value is -1.81. The predicted octanol–water partition coefficient (Wildman–Crippen LogP) is 1.45. The summed E-state index contributed by atoms with van der Waals surface area (Å²) in [6, 6.07) is 3.08. The Morgan fingerprint density at radius 3 is 2.88 bits per heavy atom. The number of aliphatic hydroxyl groups is 1. The van der Waals surface area contributed by atoms with E-state index >= 15 is 0 Å². The van der Waals surface area contributed by atoms with Crippen LogP contribution in [-0.4, -0.2) is 28.7 Å². The highest BCUT2D eigenvalue weighted by Gasteiger charge is 2.26. The molecule has 4 heteroatoms. The van der Waals surface area contributed by atoms with Crippen molar-refractivity contribution in [1.82, 2.24) is 0 Å². The Morgan fingerprint density at radius 1 is 1.59 bits per heavy atom. The van der Waals surface area contributed by atoms with Gasteiger partial charge in [-0.25, -0.2) is 0 Å². The topological polar surface area (TPSA) is 66.8 Å². The number of phenols is 1. The largest absolute Gasteiger partial charge is 0.507 e. The second-order valence-electron chi connectivity index (χ2n) is 4.16. The van der Waals surface area contributed by atoms with Gasteiger partial charge in [-0.15, -0.1) is 0 Å². The third kappa shape index (κ3) is 2.03. The van der Waals surface area contributed by atoms with Gasteiger partial charge in [-0.3, -0.25) is 4.79 Å². The van der Waals surface area contributed by atoms with Gasteiger partial charge in [0, 0.05) is 12.5 Å². The highest BCUT2D eigenvalue weighted by molar-refractivity contribution is 5.97. The quantitative estimate of drug-likeness (QED) is 0.613. The summed E-state index contributed by atoms with van der Waals surface area (Å²) in [7, 11) is 0. The fraction of sp³-hybridized carbons (Fsp3) is 0.308. The SMILES string of the molecule is C=C(CO)[C@@H]1Cc2cc(C(C)=O)c(O)cc2O1. The molecule has 0 aromatic heterocycles. The van der Waals surface area contributed by atoms with Crippen molar-refractivity contribution in [2.24, 2.45) is 0 Å². The molecule has 17 heavy (non-hydrogen) atoms. The Labute approximate surface area is 99.2 Å². The maximum absolute atomic E-state index is 11.3. The van der Waals surface area contributed by atoms with E-state index in [1.165, 1.54) is 13.0 Å². The number of phenolic OH excluding ortho intramolecular Hbond substituents is 1. The molecule has 2 rings (SSSR count). The monoisotopic (exact) mass is 234 g/mol. The summed E-state index contributed by atoms with van der Waals surface area (Å²) in [6.07, 6.45) is 0.284. The first-order valence-corrected chi connectivity index (χ1v) is 5.35. The van der Waals surface area contributed by atoms with E-state index in [-0.39, 0.29) is 24.2 Å². The minimum Gasteiger partial charge on any atom is -0.507 e. The zero-order valence-corrected chi connectivity index (χ0v) is 9.56. The Balaban J connectivity index is 2.33. The van der Waals surface area contributed by atoms with Crippen LogP contribution in [0.15, 0.2) is 24.3 Å². The van der Waals surface area contributed by atoms with E-state index in [0.717, 1.165) is 5.56 Å². The van der Waals surface area contributed by atoms with E-state index in [4.69, 9.17) is 9.84 Å². The second kappa shape index (κ2) is 4.22. The molecule has 0 fully saturated rings. The molecule has 0 bridgehead atoms. The molecule has 1 aliphatic heterocycles. The molecule has 0 spiro atoms. The minimum absolute atomic E-state index is 0.0773. The number of hydrogen-bond donors (Lipinski definition) is 2. The minimum atomic E-state index is -0.281. The number of aromatic hydroxyl groups is 1. The van der Waals surface area contributed by atoms with Gasteiger partial charge < -0.3 is 14.9 Å². The highest BCUT2D eigenvalue weighted by atomic mass is 16.5. The van der Waals surface area contributed by atoms with Crippen molar-refractivity contribution >= 4 is 5.78 Å². The molecule has 1 aliphatic rings. The maximum atomic E-state index is 11.3. The summed E-state index contributed by atoms with van der Waals surface area (Å²) < 4.78 is 5.54. The van der Waals surface area contributed by atoms with Crippen LogP contribution in [0.2, 0.25) is 0 Å². The molecule has 1 heterocycles. The average molecular weight is 234 g/mol. The van der Waals surface area contributed by atoms with Crippen molar-refractivity contribution in [1.29, 1.82) is 0 Å². The number of carbonyl (C=O) groups excluding carboxylic acids is 1. The Morgan fingerprint density at radius 2 is 2.29 bits per heavy atom. The molecule has 1 aromatic rings. The molecule has 0 radical (unpaired) electrons. The van der Waals surface area contributed by atoms with Crippen LogP contribution in [0.5, 0.6) is 11.5 Å². The third-order valence-corrected chi connectivity index (χ3v) is 2.89. The van der Waals surface area contributed by atoms with Crippen molar-refractivity contribution in [2.45, 2.75) is 19.4 Å². The first kappa shape index (κ1) is 11.7. The number of rotatable bonds is 3. The predicted molar refractivity (Wildman–Crippen MR) is 62.5 cm³/mol. The van der Waals surface area contributed by atoms with Crippen molar-refractivity contribution in [3.8, 4) is 11.5 Å². The summed E-state index contributed by atoms with van der Waals surface area (Å²) in [5, 5.41) is 18.6. The van der Waals surface area contributed by atoms with Crippen molar-refractivity contribution < 1.29 is 19.7 Å².